The van der Waals surface area contributed by atoms with Crippen molar-refractivity contribution in [3.63, 3.8) is 0 Å². The van der Waals surface area contributed by atoms with Gasteiger partial charge in [0.1, 0.15) is 0 Å². The van der Waals surface area contributed by atoms with Crippen LogP contribution < -0.4 is 10.6 Å². The second-order valence-electron chi connectivity index (χ2n) is 7.25. The van der Waals surface area contributed by atoms with Crippen molar-refractivity contribution in [2.45, 2.75) is 33.3 Å². The Balaban J connectivity index is 0.00000529. The van der Waals surface area contributed by atoms with Crippen LogP contribution in [-0.2, 0) is 4.74 Å². The van der Waals surface area contributed by atoms with Gasteiger partial charge < -0.3 is 25.2 Å². The first kappa shape index (κ1) is 23.9. The van der Waals surface area contributed by atoms with Crippen LogP contribution in [0, 0.1) is 5.92 Å². The smallest absolute Gasteiger partial charge is 0.191 e. The van der Waals surface area contributed by atoms with E-state index >= 15 is 0 Å². The Morgan fingerprint density at radius 3 is 2.38 bits per heavy atom. The number of rotatable bonds is 8. The quantitative estimate of drug-likeness (QED) is 0.330. The number of nitrogens with zero attached hydrogens (tertiary/aromatic N) is 3. The molecule has 1 aliphatic rings. The van der Waals surface area contributed by atoms with Crippen molar-refractivity contribution in [2.75, 3.05) is 66.5 Å². The normalized spacial score (nSPS) is 18.8. The molecule has 1 rings (SSSR count). The summed E-state index contributed by atoms with van der Waals surface area (Å²) in [6.07, 6.45) is 0. The van der Waals surface area contributed by atoms with E-state index in [0.29, 0.717) is 12.5 Å². The lowest BCUT2D eigenvalue weighted by Crippen LogP contribution is -2.47. The monoisotopic (exact) mass is 455 g/mol. The van der Waals surface area contributed by atoms with Gasteiger partial charge in [0.15, 0.2) is 5.96 Å². The highest BCUT2D eigenvalue weighted by molar-refractivity contribution is 14.0. The van der Waals surface area contributed by atoms with Gasteiger partial charge in [-0.15, -0.1) is 24.0 Å². The summed E-state index contributed by atoms with van der Waals surface area (Å²) in [6.45, 7) is 16.8. The highest BCUT2D eigenvalue weighted by Gasteiger charge is 2.17. The van der Waals surface area contributed by atoms with Crippen molar-refractivity contribution in [2.24, 2.45) is 10.9 Å². The molecule has 24 heavy (non-hydrogen) atoms. The molecule has 7 heteroatoms. The Morgan fingerprint density at radius 2 is 1.83 bits per heavy atom. The average Bonchev–Trinajstić information content (AvgIpc) is 2.52. The Kier molecular flexibility index (Phi) is 12.2. The van der Waals surface area contributed by atoms with Gasteiger partial charge in [0.2, 0.25) is 0 Å². The van der Waals surface area contributed by atoms with Gasteiger partial charge in [0.25, 0.3) is 0 Å². The molecule has 6 nitrogen and oxygen atoms in total. The number of aliphatic imine (C=N–C) groups is 1. The molecule has 0 bridgehead atoms. The van der Waals surface area contributed by atoms with Gasteiger partial charge in [-0.1, -0.05) is 6.92 Å². The maximum Gasteiger partial charge on any atom is 0.191 e. The molecule has 1 fully saturated rings. The second kappa shape index (κ2) is 12.3. The van der Waals surface area contributed by atoms with Crippen molar-refractivity contribution in [1.29, 1.82) is 0 Å². The minimum atomic E-state index is -0.228. The number of methoxy groups -OCH3 is 1. The summed E-state index contributed by atoms with van der Waals surface area (Å²) in [4.78, 5) is 9.59. The van der Waals surface area contributed by atoms with Gasteiger partial charge in [0.05, 0.1) is 12.1 Å². The van der Waals surface area contributed by atoms with Gasteiger partial charge in [-0.2, -0.15) is 0 Å². The molecule has 1 saturated heterocycles. The Hall–Kier alpha value is -0.120. The predicted octanol–water partition coefficient (Wildman–Crippen LogP) is 1.47. The lowest BCUT2D eigenvalue weighted by Gasteiger charge is -2.34. The van der Waals surface area contributed by atoms with E-state index in [2.05, 4.69) is 60.2 Å². The highest BCUT2D eigenvalue weighted by atomic mass is 127. The molecule has 0 spiro atoms. The molecule has 0 aromatic carbocycles. The molecule has 0 amide bonds. The molecule has 1 aliphatic heterocycles. The summed E-state index contributed by atoms with van der Waals surface area (Å²) in [5, 5.41) is 6.77. The highest BCUT2D eigenvalue weighted by Crippen LogP contribution is 2.07. The van der Waals surface area contributed by atoms with Crippen molar-refractivity contribution in [3.8, 4) is 0 Å². The summed E-state index contributed by atoms with van der Waals surface area (Å²) in [6, 6.07) is 0. The fourth-order valence-corrected chi connectivity index (χ4v) is 2.48. The first-order valence-electron chi connectivity index (χ1n) is 8.84. The Morgan fingerprint density at radius 1 is 1.21 bits per heavy atom. The zero-order valence-electron chi connectivity index (χ0n) is 16.4. The molecular formula is C17H38IN5O. The molecule has 1 atom stereocenters. The number of ether oxygens (including phenoxy) is 1. The number of likely N-dealkylation sites (N-methyl/N-ethyl adjacent to an activating group) is 1. The minimum absolute atomic E-state index is 0. The third-order valence-electron chi connectivity index (χ3n) is 4.30. The molecule has 2 N–H and O–H groups in total. The van der Waals surface area contributed by atoms with Crippen LogP contribution in [0.5, 0.6) is 0 Å². The SMILES string of the molecule is CCNC(=NCC(C)(C)OC)NCC(C)CN1CCN(C)CC1.I. The molecule has 0 saturated carbocycles. The summed E-state index contributed by atoms with van der Waals surface area (Å²) in [5.74, 6) is 1.47. The van der Waals surface area contributed by atoms with E-state index in [4.69, 9.17) is 4.74 Å². The predicted molar refractivity (Wildman–Crippen MR) is 114 cm³/mol. The van der Waals surface area contributed by atoms with Crippen molar-refractivity contribution >= 4 is 29.9 Å². The molecule has 0 aliphatic carbocycles. The standard InChI is InChI=1S/C17H37N5O.HI/c1-7-18-16(20-14-17(3,4)23-6)19-12-15(2)13-22-10-8-21(5)9-11-22;/h15H,7-14H2,1-6H3,(H2,18,19,20);1H. The largest absolute Gasteiger partial charge is 0.377 e. The zero-order valence-corrected chi connectivity index (χ0v) is 18.7. The van der Waals surface area contributed by atoms with Gasteiger partial charge in [-0.25, -0.2) is 0 Å². The molecule has 144 valence electrons. The number of hydrogen-bond donors (Lipinski definition) is 2. The first-order valence-corrected chi connectivity index (χ1v) is 8.84. The van der Waals surface area contributed by atoms with Crippen molar-refractivity contribution in [3.05, 3.63) is 0 Å². The third-order valence-corrected chi connectivity index (χ3v) is 4.30. The number of nitrogens with one attached hydrogen (secondary N) is 2. The van der Waals surface area contributed by atoms with Gasteiger partial charge in [0, 0.05) is 52.9 Å². The van der Waals surface area contributed by atoms with Crippen LogP contribution in [0.2, 0.25) is 0 Å². The number of piperazine rings is 1. The van der Waals surface area contributed by atoms with E-state index in [1.165, 1.54) is 26.2 Å². The van der Waals surface area contributed by atoms with Gasteiger partial charge in [-0.3, -0.25) is 4.99 Å². The topological polar surface area (TPSA) is 52.1 Å². The second-order valence-corrected chi connectivity index (χ2v) is 7.25. The van der Waals surface area contributed by atoms with Crippen LogP contribution in [0.25, 0.3) is 0 Å². The van der Waals surface area contributed by atoms with Crippen LogP contribution in [-0.4, -0.2) is 87.9 Å². The number of halogens is 1. The molecule has 0 aromatic heterocycles. The maximum absolute atomic E-state index is 5.43. The van der Waals surface area contributed by atoms with E-state index in [9.17, 15) is 0 Å². The summed E-state index contributed by atoms with van der Waals surface area (Å²) in [7, 11) is 3.93. The van der Waals surface area contributed by atoms with Gasteiger partial charge >= 0.3 is 0 Å². The fourth-order valence-electron chi connectivity index (χ4n) is 2.48. The molecule has 1 unspecified atom stereocenters. The lowest BCUT2D eigenvalue weighted by atomic mass is 10.1. The summed E-state index contributed by atoms with van der Waals surface area (Å²) in [5.41, 5.74) is -0.228. The minimum Gasteiger partial charge on any atom is -0.377 e. The lowest BCUT2D eigenvalue weighted by molar-refractivity contribution is 0.0310. The molecule has 0 radical (unpaired) electrons. The van der Waals surface area contributed by atoms with E-state index in [1.807, 2.05) is 0 Å². The van der Waals surface area contributed by atoms with Crippen LogP contribution in [0.3, 0.4) is 0 Å². The van der Waals surface area contributed by atoms with Crippen LogP contribution in [0.4, 0.5) is 0 Å². The van der Waals surface area contributed by atoms with E-state index in [0.717, 1.165) is 25.6 Å². The summed E-state index contributed by atoms with van der Waals surface area (Å²) >= 11 is 0. The van der Waals surface area contributed by atoms with E-state index < -0.39 is 0 Å². The van der Waals surface area contributed by atoms with Crippen molar-refractivity contribution in [1.82, 2.24) is 20.4 Å². The molecule has 1 heterocycles. The Bertz CT molecular complexity index is 357. The first-order chi connectivity index (χ1) is 10.9. The third kappa shape index (κ3) is 10.0. The van der Waals surface area contributed by atoms with Gasteiger partial charge in [-0.05, 0) is 33.7 Å². The van der Waals surface area contributed by atoms with Crippen LogP contribution in [0.1, 0.15) is 27.7 Å². The Labute approximate surface area is 165 Å². The summed E-state index contributed by atoms with van der Waals surface area (Å²) < 4.78 is 5.43. The zero-order chi connectivity index (χ0) is 17.3. The molecule has 0 aromatic rings. The maximum atomic E-state index is 5.43. The number of guanidine groups is 1. The number of hydrogen-bond acceptors (Lipinski definition) is 4. The molecular weight excluding hydrogens is 417 g/mol. The average molecular weight is 455 g/mol. The van der Waals surface area contributed by atoms with Crippen LogP contribution >= 0.6 is 24.0 Å². The van der Waals surface area contributed by atoms with Crippen LogP contribution in [0.15, 0.2) is 4.99 Å². The fraction of sp³-hybridized carbons (Fsp3) is 0.941. The van der Waals surface area contributed by atoms with Crippen molar-refractivity contribution < 1.29 is 4.74 Å². The van der Waals surface area contributed by atoms with E-state index in [-0.39, 0.29) is 29.6 Å². The van der Waals surface area contributed by atoms with E-state index in [1.54, 1.807) is 7.11 Å².